The molecule has 0 aliphatic carbocycles. The molecule has 0 fully saturated rings. The summed E-state index contributed by atoms with van der Waals surface area (Å²) in [4.78, 5) is 0. The summed E-state index contributed by atoms with van der Waals surface area (Å²) in [5.41, 5.74) is 3.30. The van der Waals surface area contributed by atoms with Crippen molar-refractivity contribution in [2.45, 2.75) is 32.0 Å². The van der Waals surface area contributed by atoms with E-state index < -0.39 is 0 Å². The smallest absolute Gasteiger partial charge is 0.221 e. The molecule has 0 N–H and O–H groups in total. The molecule has 0 atom stereocenters. The maximum Gasteiger partial charge on any atom is 0.221 e. The molecule has 1 aromatic carbocycles. The topological polar surface area (TPSA) is 27.1 Å². The van der Waals surface area contributed by atoms with Crippen molar-refractivity contribution >= 4 is 15.9 Å². The third kappa shape index (κ3) is 2.84. The van der Waals surface area contributed by atoms with E-state index in [4.69, 9.17) is 4.74 Å². The number of ether oxygens (including phenoxy) is 1. The SMILES string of the molecule is Cc1nn(C)c(Oc2ccccc2C(C)C)c1CBr. The normalized spacial score (nSPS) is 11.1. The summed E-state index contributed by atoms with van der Waals surface area (Å²) in [6, 6.07) is 8.16. The summed E-state index contributed by atoms with van der Waals surface area (Å²) >= 11 is 3.50. The standard InChI is InChI=1S/C15H19BrN2O/c1-10(2)12-7-5-6-8-14(12)19-15-13(9-16)11(3)17-18(15)4/h5-8,10H,9H2,1-4H3. The third-order valence-corrected chi connectivity index (χ3v) is 3.73. The fourth-order valence-electron chi connectivity index (χ4n) is 2.12. The predicted octanol–water partition coefficient (Wildman–Crippen LogP) is 4.54. The molecule has 0 saturated heterocycles. The highest BCUT2D eigenvalue weighted by atomic mass is 79.9. The number of benzene rings is 1. The van der Waals surface area contributed by atoms with Crippen molar-refractivity contribution in [3.63, 3.8) is 0 Å². The lowest BCUT2D eigenvalue weighted by molar-refractivity contribution is 0.421. The van der Waals surface area contributed by atoms with Crippen LogP contribution >= 0.6 is 15.9 Å². The van der Waals surface area contributed by atoms with Gasteiger partial charge in [0.1, 0.15) is 5.75 Å². The molecule has 0 amide bonds. The highest BCUT2D eigenvalue weighted by molar-refractivity contribution is 9.08. The lowest BCUT2D eigenvalue weighted by atomic mass is 10.0. The molecule has 0 aliphatic heterocycles. The van der Waals surface area contributed by atoms with Crippen molar-refractivity contribution in [3.05, 3.63) is 41.1 Å². The zero-order valence-corrected chi connectivity index (χ0v) is 13.4. The fourth-order valence-corrected chi connectivity index (χ4v) is 2.76. The summed E-state index contributed by atoms with van der Waals surface area (Å²) < 4.78 is 7.91. The van der Waals surface area contributed by atoms with Crippen molar-refractivity contribution in [2.75, 3.05) is 0 Å². The first-order valence-electron chi connectivity index (χ1n) is 6.39. The highest BCUT2D eigenvalue weighted by Gasteiger charge is 2.16. The van der Waals surface area contributed by atoms with Gasteiger partial charge in [-0.2, -0.15) is 5.10 Å². The molecule has 0 aliphatic rings. The molecule has 0 unspecified atom stereocenters. The van der Waals surface area contributed by atoms with E-state index in [2.05, 4.69) is 40.9 Å². The summed E-state index contributed by atoms with van der Waals surface area (Å²) in [6.07, 6.45) is 0. The Labute approximate surface area is 122 Å². The van der Waals surface area contributed by atoms with E-state index in [0.29, 0.717) is 5.92 Å². The number of alkyl halides is 1. The molecule has 2 rings (SSSR count). The number of halogens is 1. The van der Waals surface area contributed by atoms with Crippen LogP contribution in [0.3, 0.4) is 0 Å². The van der Waals surface area contributed by atoms with E-state index in [9.17, 15) is 0 Å². The average Bonchev–Trinajstić information content (AvgIpc) is 2.64. The Morgan fingerprint density at radius 2 is 2.00 bits per heavy atom. The van der Waals surface area contributed by atoms with Crippen LogP contribution < -0.4 is 4.74 Å². The molecule has 1 aromatic heterocycles. The molecule has 4 heteroatoms. The van der Waals surface area contributed by atoms with Gasteiger partial charge in [0.15, 0.2) is 0 Å². The maximum atomic E-state index is 6.11. The molecule has 0 spiro atoms. The summed E-state index contributed by atoms with van der Waals surface area (Å²) in [6.45, 7) is 6.34. The Bertz CT molecular complexity index is 576. The van der Waals surface area contributed by atoms with Gasteiger partial charge in [0.25, 0.3) is 0 Å². The fraction of sp³-hybridized carbons (Fsp3) is 0.400. The van der Waals surface area contributed by atoms with Crippen molar-refractivity contribution in [1.82, 2.24) is 9.78 Å². The van der Waals surface area contributed by atoms with Gasteiger partial charge in [-0.05, 0) is 24.5 Å². The van der Waals surface area contributed by atoms with Crippen molar-refractivity contribution in [2.24, 2.45) is 7.05 Å². The molecular formula is C15H19BrN2O. The number of hydrogen-bond donors (Lipinski definition) is 0. The molecule has 102 valence electrons. The summed E-state index contributed by atoms with van der Waals surface area (Å²) in [5.74, 6) is 2.14. The van der Waals surface area contributed by atoms with Gasteiger partial charge in [-0.1, -0.05) is 48.0 Å². The molecule has 2 aromatic rings. The van der Waals surface area contributed by atoms with Gasteiger partial charge in [0, 0.05) is 17.9 Å². The van der Waals surface area contributed by atoms with Gasteiger partial charge in [-0.25, -0.2) is 4.68 Å². The van der Waals surface area contributed by atoms with Gasteiger partial charge in [-0.15, -0.1) is 0 Å². The van der Waals surface area contributed by atoms with Gasteiger partial charge in [0.2, 0.25) is 5.88 Å². The van der Waals surface area contributed by atoms with Crippen molar-refractivity contribution in [3.8, 4) is 11.6 Å². The highest BCUT2D eigenvalue weighted by Crippen LogP contribution is 2.33. The zero-order valence-electron chi connectivity index (χ0n) is 11.8. The zero-order chi connectivity index (χ0) is 14.0. The number of nitrogens with zero attached hydrogens (tertiary/aromatic N) is 2. The Balaban J connectivity index is 2.42. The monoisotopic (exact) mass is 322 g/mol. The summed E-state index contributed by atoms with van der Waals surface area (Å²) in [5, 5.41) is 5.16. The molecule has 1 heterocycles. The predicted molar refractivity (Wildman–Crippen MR) is 81.2 cm³/mol. The van der Waals surface area contributed by atoms with Crippen LogP contribution in [-0.2, 0) is 12.4 Å². The maximum absolute atomic E-state index is 6.11. The van der Waals surface area contributed by atoms with Crippen LogP contribution in [0.25, 0.3) is 0 Å². The number of para-hydroxylation sites is 1. The van der Waals surface area contributed by atoms with Crippen LogP contribution in [0.2, 0.25) is 0 Å². The van der Waals surface area contributed by atoms with Gasteiger partial charge < -0.3 is 4.74 Å². The molecule has 0 saturated carbocycles. The minimum Gasteiger partial charge on any atom is -0.439 e. The number of aryl methyl sites for hydroxylation is 2. The van der Waals surface area contributed by atoms with Crippen LogP contribution in [-0.4, -0.2) is 9.78 Å². The lowest BCUT2D eigenvalue weighted by Gasteiger charge is -2.14. The first-order chi connectivity index (χ1) is 9.04. The Morgan fingerprint density at radius 1 is 1.32 bits per heavy atom. The van der Waals surface area contributed by atoms with Gasteiger partial charge >= 0.3 is 0 Å². The first kappa shape index (κ1) is 14.1. The molecule has 19 heavy (non-hydrogen) atoms. The molecule has 3 nitrogen and oxygen atoms in total. The van der Waals surface area contributed by atoms with E-state index in [1.54, 1.807) is 4.68 Å². The van der Waals surface area contributed by atoms with E-state index in [1.807, 2.05) is 32.2 Å². The van der Waals surface area contributed by atoms with Crippen molar-refractivity contribution in [1.29, 1.82) is 0 Å². The van der Waals surface area contributed by atoms with Gasteiger partial charge in [0.05, 0.1) is 5.69 Å². The van der Waals surface area contributed by atoms with Crippen LogP contribution in [0.1, 0.15) is 36.6 Å². The van der Waals surface area contributed by atoms with E-state index >= 15 is 0 Å². The Hall–Kier alpha value is -1.29. The summed E-state index contributed by atoms with van der Waals surface area (Å²) in [7, 11) is 1.91. The van der Waals surface area contributed by atoms with E-state index in [-0.39, 0.29) is 0 Å². The second-order valence-electron chi connectivity index (χ2n) is 4.92. The van der Waals surface area contributed by atoms with Crippen LogP contribution in [0, 0.1) is 6.92 Å². The lowest BCUT2D eigenvalue weighted by Crippen LogP contribution is -1.99. The Kier molecular flexibility index (Phi) is 4.30. The van der Waals surface area contributed by atoms with Crippen LogP contribution in [0.5, 0.6) is 11.6 Å². The van der Waals surface area contributed by atoms with E-state index in [0.717, 1.165) is 28.2 Å². The first-order valence-corrected chi connectivity index (χ1v) is 7.52. The second kappa shape index (κ2) is 5.78. The Morgan fingerprint density at radius 3 is 2.63 bits per heavy atom. The van der Waals surface area contributed by atoms with Crippen LogP contribution in [0.4, 0.5) is 0 Å². The largest absolute Gasteiger partial charge is 0.439 e. The quantitative estimate of drug-likeness (QED) is 0.773. The van der Waals surface area contributed by atoms with Crippen LogP contribution in [0.15, 0.2) is 24.3 Å². The van der Waals surface area contributed by atoms with Crippen molar-refractivity contribution < 1.29 is 4.74 Å². The number of hydrogen-bond acceptors (Lipinski definition) is 2. The average molecular weight is 323 g/mol. The molecule has 0 radical (unpaired) electrons. The second-order valence-corrected chi connectivity index (χ2v) is 5.48. The molecule has 0 bridgehead atoms. The van der Waals surface area contributed by atoms with E-state index in [1.165, 1.54) is 5.56 Å². The minimum atomic E-state index is 0.429. The minimum absolute atomic E-state index is 0.429. The number of aromatic nitrogens is 2. The number of rotatable bonds is 4. The third-order valence-electron chi connectivity index (χ3n) is 3.17. The van der Waals surface area contributed by atoms with Gasteiger partial charge in [-0.3, -0.25) is 0 Å². The molecular weight excluding hydrogens is 304 g/mol.